The van der Waals surface area contributed by atoms with Crippen LogP contribution in [0.4, 0.5) is 0 Å². The molecule has 0 saturated carbocycles. The molecule has 0 spiro atoms. The highest BCUT2D eigenvalue weighted by Gasteiger charge is 2.16. The van der Waals surface area contributed by atoms with E-state index in [0.29, 0.717) is 29.9 Å². The Morgan fingerprint density at radius 3 is 2.76 bits per heavy atom. The van der Waals surface area contributed by atoms with Crippen molar-refractivity contribution in [1.29, 1.82) is 0 Å². The van der Waals surface area contributed by atoms with E-state index >= 15 is 0 Å². The van der Waals surface area contributed by atoms with Crippen molar-refractivity contribution in [1.82, 2.24) is 25.4 Å². The summed E-state index contributed by atoms with van der Waals surface area (Å²) >= 11 is 0. The maximum atomic E-state index is 5.77. The Hall–Kier alpha value is -2.06. The van der Waals surface area contributed by atoms with Crippen LogP contribution in [0.2, 0.25) is 0 Å². The van der Waals surface area contributed by atoms with E-state index in [1.165, 1.54) is 7.11 Å². The Morgan fingerprint density at radius 1 is 1.29 bits per heavy atom. The van der Waals surface area contributed by atoms with Gasteiger partial charge < -0.3 is 19.3 Å². The topological polar surface area (TPSA) is 95.2 Å². The third-order valence-electron chi connectivity index (χ3n) is 3.27. The second-order valence-corrected chi connectivity index (χ2v) is 4.73. The molecule has 112 valence electrons. The third kappa shape index (κ3) is 3.53. The number of methoxy groups -OCH3 is 1. The largest absolute Gasteiger partial charge is 0.467 e. The molecular weight excluding hydrogens is 274 g/mol. The first-order valence-corrected chi connectivity index (χ1v) is 6.86. The van der Waals surface area contributed by atoms with Crippen LogP contribution in [-0.4, -0.2) is 46.4 Å². The van der Waals surface area contributed by atoms with Gasteiger partial charge in [0.05, 0.1) is 18.8 Å². The summed E-state index contributed by atoms with van der Waals surface area (Å²) in [6.45, 7) is 2.31. The predicted octanol–water partition coefficient (Wildman–Crippen LogP) is 0.804. The molecule has 0 aliphatic carbocycles. The van der Waals surface area contributed by atoms with E-state index in [4.69, 9.17) is 14.0 Å². The van der Waals surface area contributed by atoms with Crippen molar-refractivity contribution in [3.63, 3.8) is 0 Å². The minimum atomic E-state index is 0.255. The van der Waals surface area contributed by atoms with Gasteiger partial charge in [0, 0.05) is 12.4 Å². The van der Waals surface area contributed by atoms with Gasteiger partial charge in [0.2, 0.25) is 5.82 Å². The summed E-state index contributed by atoms with van der Waals surface area (Å²) < 4.78 is 15.8. The van der Waals surface area contributed by atoms with Crippen molar-refractivity contribution in [3.8, 4) is 17.4 Å². The molecule has 1 N–H and O–H groups in total. The summed E-state index contributed by atoms with van der Waals surface area (Å²) in [6.07, 6.45) is 5.45. The fourth-order valence-corrected chi connectivity index (χ4v) is 2.12. The molecule has 21 heavy (non-hydrogen) atoms. The molecule has 0 radical (unpaired) electrons. The van der Waals surface area contributed by atoms with Crippen LogP contribution < -0.4 is 10.1 Å². The Balaban J connectivity index is 1.59. The lowest BCUT2D eigenvalue weighted by molar-refractivity contribution is 0.00859. The summed E-state index contributed by atoms with van der Waals surface area (Å²) in [7, 11) is 1.51. The van der Waals surface area contributed by atoms with Crippen LogP contribution in [0.5, 0.6) is 6.01 Å². The lowest BCUT2D eigenvalue weighted by atomic mass is 10.1. The number of ether oxygens (including phenoxy) is 2. The van der Waals surface area contributed by atoms with Crippen LogP contribution in [0.1, 0.15) is 18.7 Å². The number of hydrogen-bond acceptors (Lipinski definition) is 8. The average molecular weight is 291 g/mol. The normalized spacial score (nSPS) is 16.0. The van der Waals surface area contributed by atoms with E-state index in [0.717, 1.165) is 25.9 Å². The molecule has 2 aromatic rings. The van der Waals surface area contributed by atoms with Gasteiger partial charge in [0.15, 0.2) is 0 Å². The molecule has 1 aliphatic heterocycles. The van der Waals surface area contributed by atoms with Crippen LogP contribution in [0.3, 0.4) is 0 Å². The minimum absolute atomic E-state index is 0.255. The van der Waals surface area contributed by atoms with E-state index in [-0.39, 0.29) is 6.10 Å². The molecule has 0 atom stereocenters. The number of aromatic nitrogens is 4. The summed E-state index contributed by atoms with van der Waals surface area (Å²) in [6, 6.07) is 0.303. The van der Waals surface area contributed by atoms with Gasteiger partial charge in [-0.05, 0) is 25.9 Å². The SMILES string of the molecule is COc1ncc(-c2noc(COC3CCNCC3)n2)cn1. The molecule has 2 aromatic heterocycles. The van der Waals surface area contributed by atoms with Gasteiger partial charge >= 0.3 is 6.01 Å². The number of nitrogens with zero attached hydrogens (tertiary/aromatic N) is 4. The van der Waals surface area contributed by atoms with E-state index in [9.17, 15) is 0 Å². The smallest absolute Gasteiger partial charge is 0.316 e. The Morgan fingerprint density at radius 2 is 2.05 bits per heavy atom. The van der Waals surface area contributed by atoms with E-state index < -0.39 is 0 Å². The van der Waals surface area contributed by atoms with E-state index in [1.807, 2.05) is 0 Å². The van der Waals surface area contributed by atoms with Crippen LogP contribution in [0.25, 0.3) is 11.4 Å². The first-order chi connectivity index (χ1) is 10.3. The fraction of sp³-hybridized carbons (Fsp3) is 0.538. The molecule has 3 rings (SSSR count). The second-order valence-electron chi connectivity index (χ2n) is 4.73. The van der Waals surface area contributed by atoms with E-state index in [1.54, 1.807) is 12.4 Å². The zero-order valence-corrected chi connectivity index (χ0v) is 11.8. The maximum absolute atomic E-state index is 5.77. The highest BCUT2D eigenvalue weighted by Crippen LogP contribution is 2.16. The monoisotopic (exact) mass is 291 g/mol. The molecule has 0 unspecified atom stereocenters. The summed E-state index contributed by atoms with van der Waals surface area (Å²) in [5.41, 5.74) is 0.674. The minimum Gasteiger partial charge on any atom is -0.467 e. The molecule has 1 aliphatic rings. The fourth-order valence-electron chi connectivity index (χ4n) is 2.12. The van der Waals surface area contributed by atoms with E-state index in [2.05, 4.69) is 25.4 Å². The summed E-state index contributed by atoms with van der Waals surface area (Å²) in [5.74, 6) is 0.904. The quantitative estimate of drug-likeness (QED) is 0.864. The van der Waals surface area contributed by atoms with Crippen LogP contribution in [-0.2, 0) is 11.3 Å². The lowest BCUT2D eigenvalue weighted by Crippen LogP contribution is -2.32. The van der Waals surface area contributed by atoms with Gasteiger partial charge in [-0.2, -0.15) is 4.98 Å². The number of hydrogen-bond donors (Lipinski definition) is 1. The summed E-state index contributed by atoms with van der Waals surface area (Å²) in [4.78, 5) is 12.3. The predicted molar refractivity (Wildman–Crippen MR) is 72.6 cm³/mol. The first kappa shape index (κ1) is 13.9. The van der Waals surface area contributed by atoms with Gasteiger partial charge in [-0.15, -0.1) is 0 Å². The number of nitrogens with one attached hydrogen (secondary N) is 1. The van der Waals surface area contributed by atoms with Crippen LogP contribution in [0.15, 0.2) is 16.9 Å². The van der Waals surface area contributed by atoms with Crippen molar-refractivity contribution in [2.45, 2.75) is 25.6 Å². The molecule has 3 heterocycles. The van der Waals surface area contributed by atoms with Crippen molar-refractivity contribution in [3.05, 3.63) is 18.3 Å². The Labute approximate surface area is 121 Å². The maximum Gasteiger partial charge on any atom is 0.316 e. The zero-order valence-electron chi connectivity index (χ0n) is 11.8. The van der Waals surface area contributed by atoms with Crippen molar-refractivity contribution >= 4 is 0 Å². The van der Waals surface area contributed by atoms with Crippen molar-refractivity contribution in [2.24, 2.45) is 0 Å². The van der Waals surface area contributed by atoms with Gasteiger partial charge in [-0.25, -0.2) is 9.97 Å². The van der Waals surface area contributed by atoms with Crippen molar-refractivity contribution < 1.29 is 14.0 Å². The highest BCUT2D eigenvalue weighted by atomic mass is 16.5. The second kappa shape index (κ2) is 6.59. The Bertz CT molecular complexity index is 565. The van der Waals surface area contributed by atoms with Gasteiger partial charge in [0.1, 0.15) is 6.61 Å². The molecule has 0 bridgehead atoms. The number of piperidine rings is 1. The molecule has 0 amide bonds. The summed E-state index contributed by atoms with van der Waals surface area (Å²) in [5, 5.41) is 7.20. The highest BCUT2D eigenvalue weighted by molar-refractivity contribution is 5.50. The molecule has 8 nitrogen and oxygen atoms in total. The number of rotatable bonds is 5. The van der Waals surface area contributed by atoms with Crippen LogP contribution >= 0.6 is 0 Å². The molecular formula is C13H17N5O3. The Kier molecular flexibility index (Phi) is 4.37. The standard InChI is InChI=1S/C13H17N5O3/c1-19-13-15-6-9(7-16-13)12-17-11(21-18-12)8-20-10-2-4-14-5-3-10/h6-7,10,14H,2-5,8H2,1H3. The van der Waals surface area contributed by atoms with Crippen LogP contribution in [0, 0.1) is 0 Å². The van der Waals surface area contributed by atoms with Crippen molar-refractivity contribution in [2.75, 3.05) is 20.2 Å². The zero-order chi connectivity index (χ0) is 14.5. The van der Waals surface area contributed by atoms with Gasteiger partial charge in [0.25, 0.3) is 5.89 Å². The lowest BCUT2D eigenvalue weighted by Gasteiger charge is -2.21. The third-order valence-corrected chi connectivity index (χ3v) is 3.27. The molecule has 1 saturated heterocycles. The molecule has 0 aromatic carbocycles. The van der Waals surface area contributed by atoms with Gasteiger partial charge in [-0.3, -0.25) is 0 Å². The first-order valence-electron chi connectivity index (χ1n) is 6.86. The van der Waals surface area contributed by atoms with Gasteiger partial charge in [-0.1, -0.05) is 5.16 Å². The average Bonchev–Trinajstić information content (AvgIpc) is 3.03. The molecule has 8 heteroatoms. The molecule has 1 fully saturated rings.